The summed E-state index contributed by atoms with van der Waals surface area (Å²) in [4.78, 5) is 0. The lowest BCUT2D eigenvalue weighted by Gasteiger charge is -2.26. The fraction of sp³-hybridized carbons (Fsp3) is 0.412. The van der Waals surface area contributed by atoms with E-state index in [2.05, 4.69) is 6.92 Å². The van der Waals surface area contributed by atoms with Crippen LogP contribution in [0.3, 0.4) is 0 Å². The van der Waals surface area contributed by atoms with Crippen molar-refractivity contribution in [1.29, 1.82) is 0 Å². The van der Waals surface area contributed by atoms with Crippen molar-refractivity contribution in [3.63, 3.8) is 0 Å². The van der Waals surface area contributed by atoms with Gasteiger partial charge in [-0.25, -0.2) is 0 Å². The summed E-state index contributed by atoms with van der Waals surface area (Å²) >= 11 is 0. The monoisotopic (exact) mass is 256 g/mol. The molecule has 2 aromatic rings. The molecule has 2 nitrogen and oxygen atoms in total. The van der Waals surface area contributed by atoms with Crippen molar-refractivity contribution in [2.45, 2.75) is 33.1 Å². The van der Waals surface area contributed by atoms with Crippen LogP contribution in [0.4, 0.5) is 0 Å². The van der Waals surface area contributed by atoms with E-state index in [1.165, 1.54) is 12.0 Å². The van der Waals surface area contributed by atoms with E-state index in [0.29, 0.717) is 18.3 Å². The van der Waals surface area contributed by atoms with E-state index in [1.807, 2.05) is 31.2 Å². The largest absolute Gasteiger partial charge is 0.507 e. The van der Waals surface area contributed by atoms with Crippen LogP contribution in [0.15, 0.2) is 24.3 Å². The van der Waals surface area contributed by atoms with Gasteiger partial charge in [0.25, 0.3) is 0 Å². The molecule has 1 aliphatic carbocycles. The molecule has 2 aromatic carbocycles. The van der Waals surface area contributed by atoms with Crippen molar-refractivity contribution < 1.29 is 9.84 Å². The number of fused-ring (bicyclic) bond motifs is 2. The van der Waals surface area contributed by atoms with Crippen LogP contribution in [0.1, 0.15) is 31.4 Å². The third-order valence-corrected chi connectivity index (χ3v) is 4.08. The number of hydrogen-bond donors (Lipinski definition) is 1. The number of benzene rings is 2. The summed E-state index contributed by atoms with van der Waals surface area (Å²) in [5.74, 6) is 2.08. The summed E-state index contributed by atoms with van der Waals surface area (Å²) in [7, 11) is 0. The van der Waals surface area contributed by atoms with Gasteiger partial charge in [0.1, 0.15) is 11.5 Å². The Labute approximate surface area is 114 Å². The van der Waals surface area contributed by atoms with E-state index < -0.39 is 0 Å². The molecule has 0 saturated heterocycles. The molecule has 1 atom stereocenters. The summed E-state index contributed by atoms with van der Waals surface area (Å²) < 4.78 is 5.90. The van der Waals surface area contributed by atoms with Gasteiger partial charge in [0.05, 0.1) is 6.61 Å². The van der Waals surface area contributed by atoms with Gasteiger partial charge in [-0.15, -0.1) is 0 Å². The first kappa shape index (κ1) is 12.3. The fourth-order valence-corrected chi connectivity index (χ4v) is 3.13. The lowest BCUT2D eigenvalue weighted by atomic mass is 9.82. The number of aromatic hydroxyl groups is 1. The number of phenolic OH excluding ortho intramolecular Hbond substituents is 1. The van der Waals surface area contributed by atoms with Crippen LogP contribution >= 0.6 is 0 Å². The van der Waals surface area contributed by atoms with E-state index in [1.54, 1.807) is 0 Å². The molecule has 100 valence electrons. The number of rotatable bonds is 2. The van der Waals surface area contributed by atoms with Gasteiger partial charge < -0.3 is 9.84 Å². The van der Waals surface area contributed by atoms with Crippen LogP contribution in [-0.2, 0) is 12.8 Å². The lowest BCUT2D eigenvalue weighted by Crippen LogP contribution is -2.13. The smallest absolute Gasteiger partial charge is 0.130 e. The first-order chi connectivity index (χ1) is 9.22. The molecular weight excluding hydrogens is 236 g/mol. The van der Waals surface area contributed by atoms with Crippen molar-refractivity contribution in [2.75, 3.05) is 6.61 Å². The second kappa shape index (κ2) is 4.76. The van der Waals surface area contributed by atoms with Crippen LogP contribution in [0.25, 0.3) is 10.8 Å². The van der Waals surface area contributed by atoms with Crippen molar-refractivity contribution in [3.05, 3.63) is 35.4 Å². The van der Waals surface area contributed by atoms with E-state index in [4.69, 9.17) is 4.74 Å². The van der Waals surface area contributed by atoms with E-state index >= 15 is 0 Å². The molecule has 0 amide bonds. The molecule has 0 fully saturated rings. The first-order valence-corrected chi connectivity index (χ1v) is 7.10. The predicted octanol–water partition coefficient (Wildman–Crippen LogP) is 4.07. The van der Waals surface area contributed by atoms with Crippen LogP contribution in [0.5, 0.6) is 11.5 Å². The van der Waals surface area contributed by atoms with Gasteiger partial charge in [-0.05, 0) is 32.1 Å². The minimum atomic E-state index is 0.459. The van der Waals surface area contributed by atoms with Crippen LogP contribution in [0.2, 0.25) is 0 Å². The summed E-state index contributed by atoms with van der Waals surface area (Å²) in [6.07, 6.45) is 3.13. The Morgan fingerprint density at radius 2 is 1.95 bits per heavy atom. The maximum atomic E-state index is 10.6. The topological polar surface area (TPSA) is 29.5 Å². The van der Waals surface area contributed by atoms with Crippen molar-refractivity contribution in [2.24, 2.45) is 5.92 Å². The van der Waals surface area contributed by atoms with Crippen LogP contribution < -0.4 is 4.74 Å². The highest BCUT2D eigenvalue weighted by molar-refractivity contribution is 5.96. The molecule has 0 spiro atoms. The number of phenols is 1. The SMILES string of the molecule is CCOc1c2c(c(O)c3ccccc13)CC(C)CC2. The average Bonchev–Trinajstić information content (AvgIpc) is 2.44. The molecule has 0 bridgehead atoms. The Morgan fingerprint density at radius 3 is 2.68 bits per heavy atom. The summed E-state index contributed by atoms with van der Waals surface area (Å²) in [6.45, 7) is 4.92. The van der Waals surface area contributed by atoms with Crippen LogP contribution in [0, 0.1) is 5.92 Å². The maximum absolute atomic E-state index is 10.6. The maximum Gasteiger partial charge on any atom is 0.130 e. The highest BCUT2D eigenvalue weighted by Crippen LogP contribution is 2.44. The van der Waals surface area contributed by atoms with Gasteiger partial charge in [0, 0.05) is 21.9 Å². The third kappa shape index (κ3) is 1.95. The number of ether oxygens (including phenoxy) is 1. The van der Waals surface area contributed by atoms with E-state index in [0.717, 1.165) is 34.9 Å². The molecule has 0 heterocycles. The van der Waals surface area contributed by atoms with Gasteiger partial charge in [-0.2, -0.15) is 0 Å². The molecular formula is C17H20O2. The molecule has 0 saturated carbocycles. The zero-order chi connectivity index (χ0) is 13.4. The second-order valence-corrected chi connectivity index (χ2v) is 5.46. The standard InChI is InChI=1S/C17H20O2/c1-3-19-17-13-7-5-4-6-12(13)16(18)15-10-11(2)8-9-14(15)17/h4-7,11,18H,3,8-10H2,1-2H3. The Balaban J connectivity index is 2.32. The summed E-state index contributed by atoms with van der Waals surface area (Å²) in [6, 6.07) is 7.99. The van der Waals surface area contributed by atoms with Gasteiger partial charge in [-0.3, -0.25) is 0 Å². The molecule has 3 rings (SSSR count). The van der Waals surface area contributed by atoms with E-state index in [9.17, 15) is 5.11 Å². The highest BCUT2D eigenvalue weighted by Gasteiger charge is 2.24. The van der Waals surface area contributed by atoms with Gasteiger partial charge in [0.2, 0.25) is 0 Å². The molecule has 2 heteroatoms. The third-order valence-electron chi connectivity index (χ3n) is 4.08. The highest BCUT2D eigenvalue weighted by atomic mass is 16.5. The minimum Gasteiger partial charge on any atom is -0.507 e. The van der Waals surface area contributed by atoms with Gasteiger partial charge >= 0.3 is 0 Å². The van der Waals surface area contributed by atoms with Crippen molar-refractivity contribution in [1.82, 2.24) is 0 Å². The average molecular weight is 256 g/mol. The summed E-state index contributed by atoms with van der Waals surface area (Å²) in [5, 5.41) is 12.5. The zero-order valence-electron chi connectivity index (χ0n) is 11.6. The zero-order valence-corrected chi connectivity index (χ0v) is 11.6. The molecule has 1 aliphatic rings. The van der Waals surface area contributed by atoms with Crippen molar-refractivity contribution in [3.8, 4) is 11.5 Å². The van der Waals surface area contributed by atoms with Crippen molar-refractivity contribution >= 4 is 10.8 Å². The quantitative estimate of drug-likeness (QED) is 0.877. The molecule has 0 aliphatic heterocycles. The van der Waals surface area contributed by atoms with Gasteiger partial charge in [0.15, 0.2) is 0 Å². The Bertz CT molecular complexity index is 616. The Morgan fingerprint density at radius 1 is 1.21 bits per heavy atom. The molecule has 1 N–H and O–H groups in total. The van der Waals surface area contributed by atoms with Crippen LogP contribution in [-0.4, -0.2) is 11.7 Å². The molecule has 19 heavy (non-hydrogen) atoms. The lowest BCUT2D eigenvalue weighted by molar-refractivity contribution is 0.335. The number of hydrogen-bond acceptors (Lipinski definition) is 2. The molecule has 0 aromatic heterocycles. The predicted molar refractivity (Wildman–Crippen MR) is 78.0 cm³/mol. The van der Waals surface area contributed by atoms with E-state index in [-0.39, 0.29) is 0 Å². The Kier molecular flexibility index (Phi) is 3.09. The van der Waals surface area contributed by atoms with Gasteiger partial charge in [-0.1, -0.05) is 31.2 Å². The Hall–Kier alpha value is -1.70. The normalized spacial score (nSPS) is 18.3. The fourth-order valence-electron chi connectivity index (χ4n) is 3.13. The molecule has 1 unspecified atom stereocenters. The second-order valence-electron chi connectivity index (χ2n) is 5.46. The first-order valence-electron chi connectivity index (χ1n) is 7.10. The molecule has 0 radical (unpaired) electrons. The summed E-state index contributed by atoms with van der Waals surface area (Å²) in [5.41, 5.74) is 2.32. The minimum absolute atomic E-state index is 0.459.